The maximum Gasteiger partial charge on any atom is 0.303 e. The number of nitrogens with two attached hydrogens (primary N) is 1. The van der Waals surface area contributed by atoms with Gasteiger partial charge in [-0.3, -0.25) is 4.79 Å². The van der Waals surface area contributed by atoms with Crippen LogP contribution in [0.1, 0.15) is 46.0 Å². The van der Waals surface area contributed by atoms with Crippen LogP contribution in [0.3, 0.4) is 0 Å². The summed E-state index contributed by atoms with van der Waals surface area (Å²) in [6.45, 7) is 4.05. The quantitative estimate of drug-likeness (QED) is 0.687. The van der Waals surface area contributed by atoms with E-state index in [0.717, 1.165) is 18.8 Å². The van der Waals surface area contributed by atoms with Crippen LogP contribution in [0.25, 0.3) is 0 Å². The van der Waals surface area contributed by atoms with Crippen LogP contribution < -0.4 is 5.73 Å². The van der Waals surface area contributed by atoms with Crippen molar-refractivity contribution in [2.75, 3.05) is 0 Å². The largest absolute Gasteiger partial charge is 0.481 e. The minimum Gasteiger partial charge on any atom is -0.481 e. The van der Waals surface area contributed by atoms with E-state index in [2.05, 4.69) is 0 Å². The number of hydrogen-bond donors (Lipinski definition) is 2. The van der Waals surface area contributed by atoms with E-state index in [1.54, 1.807) is 0 Å². The zero-order valence-corrected chi connectivity index (χ0v) is 9.12. The van der Waals surface area contributed by atoms with Crippen molar-refractivity contribution in [3.63, 3.8) is 0 Å². The van der Waals surface area contributed by atoms with Crippen molar-refractivity contribution in [3.05, 3.63) is 0 Å². The molecule has 0 radical (unpaired) electrons. The molecule has 1 saturated carbocycles. The Labute approximate surface area is 85.7 Å². The lowest BCUT2D eigenvalue weighted by Gasteiger charge is -2.34. The third-order valence-corrected chi connectivity index (χ3v) is 3.34. The van der Waals surface area contributed by atoms with Gasteiger partial charge in [-0.15, -0.1) is 0 Å². The predicted octanol–water partition coefficient (Wildman–Crippen LogP) is 2.00. The number of carboxylic acid groups (broad SMARTS) is 1. The highest BCUT2D eigenvalue weighted by Crippen LogP contribution is 2.43. The lowest BCUT2D eigenvalue weighted by molar-refractivity contribution is -0.140. The Hall–Kier alpha value is -0.570. The highest BCUT2D eigenvalue weighted by Gasteiger charge is 2.38. The summed E-state index contributed by atoms with van der Waals surface area (Å²) in [7, 11) is 0. The van der Waals surface area contributed by atoms with Gasteiger partial charge in [0.15, 0.2) is 0 Å². The molecule has 1 aliphatic rings. The van der Waals surface area contributed by atoms with E-state index in [-0.39, 0.29) is 17.9 Å². The monoisotopic (exact) mass is 199 g/mol. The van der Waals surface area contributed by atoms with Gasteiger partial charge in [0.2, 0.25) is 0 Å². The molecule has 3 nitrogen and oxygen atoms in total. The topological polar surface area (TPSA) is 63.3 Å². The predicted molar refractivity (Wildman–Crippen MR) is 56.0 cm³/mol. The Morgan fingerprint density at radius 2 is 2.21 bits per heavy atom. The van der Waals surface area contributed by atoms with Gasteiger partial charge in [-0.25, -0.2) is 0 Å². The molecule has 3 heteroatoms. The number of hydrogen-bond acceptors (Lipinski definition) is 2. The first-order valence-corrected chi connectivity index (χ1v) is 5.45. The van der Waals surface area contributed by atoms with Gasteiger partial charge in [-0.2, -0.15) is 0 Å². The Morgan fingerprint density at radius 1 is 1.64 bits per heavy atom. The lowest BCUT2D eigenvalue weighted by Crippen LogP contribution is -2.41. The number of aliphatic carboxylic acids is 1. The maximum absolute atomic E-state index is 10.8. The van der Waals surface area contributed by atoms with Crippen LogP contribution in [0.15, 0.2) is 0 Å². The maximum atomic E-state index is 10.8. The average molecular weight is 199 g/mol. The molecule has 0 heterocycles. The second kappa shape index (κ2) is 4.30. The van der Waals surface area contributed by atoms with E-state index in [0.29, 0.717) is 0 Å². The van der Waals surface area contributed by atoms with Crippen LogP contribution in [-0.2, 0) is 4.79 Å². The van der Waals surface area contributed by atoms with Crippen molar-refractivity contribution >= 4 is 5.97 Å². The van der Waals surface area contributed by atoms with Crippen molar-refractivity contribution in [1.82, 2.24) is 0 Å². The van der Waals surface area contributed by atoms with E-state index in [1.165, 1.54) is 12.8 Å². The van der Waals surface area contributed by atoms with Crippen molar-refractivity contribution in [2.45, 2.75) is 52.0 Å². The summed E-state index contributed by atoms with van der Waals surface area (Å²) >= 11 is 0. The fraction of sp³-hybridized carbons (Fsp3) is 0.909. The molecule has 14 heavy (non-hydrogen) atoms. The number of carbonyl (C=O) groups is 1. The van der Waals surface area contributed by atoms with Crippen LogP contribution in [-0.4, -0.2) is 17.1 Å². The molecule has 1 fully saturated rings. The highest BCUT2D eigenvalue weighted by atomic mass is 16.4. The van der Waals surface area contributed by atoms with Crippen molar-refractivity contribution in [1.29, 1.82) is 0 Å². The van der Waals surface area contributed by atoms with E-state index >= 15 is 0 Å². The van der Waals surface area contributed by atoms with E-state index in [1.807, 2.05) is 13.8 Å². The molecule has 0 aromatic heterocycles. The molecular weight excluding hydrogens is 178 g/mol. The van der Waals surface area contributed by atoms with Crippen molar-refractivity contribution in [3.8, 4) is 0 Å². The second-order valence-corrected chi connectivity index (χ2v) is 4.89. The highest BCUT2D eigenvalue weighted by molar-refractivity contribution is 5.67. The van der Waals surface area contributed by atoms with Gasteiger partial charge in [0.1, 0.15) is 0 Å². The summed E-state index contributed by atoms with van der Waals surface area (Å²) < 4.78 is 0. The molecule has 3 N–H and O–H groups in total. The first kappa shape index (κ1) is 11.5. The lowest BCUT2D eigenvalue weighted by atomic mass is 9.74. The van der Waals surface area contributed by atoms with Gasteiger partial charge < -0.3 is 10.8 Å². The SMILES string of the molecule is CCC(N)C(C)(CC(=O)O)CC1CC1. The average Bonchev–Trinajstić information content (AvgIpc) is 2.85. The zero-order valence-electron chi connectivity index (χ0n) is 9.12. The fourth-order valence-corrected chi connectivity index (χ4v) is 2.17. The van der Waals surface area contributed by atoms with E-state index in [4.69, 9.17) is 10.8 Å². The van der Waals surface area contributed by atoms with E-state index in [9.17, 15) is 4.79 Å². The van der Waals surface area contributed by atoms with Crippen LogP contribution in [0.2, 0.25) is 0 Å². The van der Waals surface area contributed by atoms with Crippen molar-refractivity contribution in [2.24, 2.45) is 17.1 Å². The molecule has 0 aromatic carbocycles. The van der Waals surface area contributed by atoms with Gasteiger partial charge in [0.25, 0.3) is 0 Å². The zero-order chi connectivity index (χ0) is 10.8. The molecule has 0 bridgehead atoms. The smallest absolute Gasteiger partial charge is 0.303 e. The summed E-state index contributed by atoms with van der Waals surface area (Å²) in [6, 6.07) is 0.0131. The van der Waals surface area contributed by atoms with Crippen molar-refractivity contribution < 1.29 is 9.90 Å². The van der Waals surface area contributed by atoms with Crippen LogP contribution in [0.4, 0.5) is 0 Å². The first-order chi connectivity index (χ1) is 6.48. The summed E-state index contributed by atoms with van der Waals surface area (Å²) in [5.41, 5.74) is 5.81. The number of rotatable bonds is 6. The Balaban J connectivity index is 2.59. The van der Waals surface area contributed by atoms with Gasteiger partial charge >= 0.3 is 5.97 Å². The molecule has 82 valence electrons. The van der Waals surface area contributed by atoms with Gasteiger partial charge in [-0.05, 0) is 24.2 Å². The molecule has 0 amide bonds. The number of carboxylic acids is 1. The van der Waals surface area contributed by atoms with Gasteiger partial charge in [-0.1, -0.05) is 26.7 Å². The Morgan fingerprint density at radius 3 is 2.57 bits per heavy atom. The van der Waals surface area contributed by atoms with E-state index < -0.39 is 5.97 Å². The third-order valence-electron chi connectivity index (χ3n) is 3.34. The summed E-state index contributed by atoms with van der Waals surface area (Å²) in [5, 5.41) is 8.87. The molecule has 2 unspecified atom stereocenters. The molecule has 2 atom stereocenters. The van der Waals surface area contributed by atoms with Crippen LogP contribution in [0.5, 0.6) is 0 Å². The fourth-order valence-electron chi connectivity index (χ4n) is 2.17. The molecule has 0 spiro atoms. The molecule has 1 aliphatic carbocycles. The third kappa shape index (κ3) is 2.98. The summed E-state index contributed by atoms with van der Waals surface area (Å²) in [5.74, 6) is 0.00833. The van der Waals surface area contributed by atoms with Crippen LogP contribution >= 0.6 is 0 Å². The first-order valence-electron chi connectivity index (χ1n) is 5.45. The standard InChI is InChI=1S/C11H21NO2/c1-3-9(12)11(2,7-10(13)14)6-8-4-5-8/h8-9H,3-7,12H2,1-2H3,(H,13,14). The Kier molecular flexibility index (Phi) is 3.53. The summed E-state index contributed by atoms with van der Waals surface area (Å²) in [4.78, 5) is 10.8. The molecule has 0 aliphatic heterocycles. The minimum atomic E-state index is -0.725. The molecule has 0 saturated heterocycles. The normalized spacial score (nSPS) is 22.8. The minimum absolute atomic E-state index is 0.0131. The molecule has 0 aromatic rings. The summed E-state index contributed by atoms with van der Waals surface area (Å²) in [6.07, 6.45) is 4.56. The second-order valence-electron chi connectivity index (χ2n) is 4.89. The molecule has 1 rings (SSSR count). The van der Waals surface area contributed by atoms with Gasteiger partial charge in [0, 0.05) is 6.04 Å². The van der Waals surface area contributed by atoms with Gasteiger partial charge in [0.05, 0.1) is 6.42 Å². The van der Waals surface area contributed by atoms with Crippen LogP contribution in [0, 0.1) is 11.3 Å². The molecular formula is C11H21NO2. The Bertz CT molecular complexity index is 213.